The van der Waals surface area contributed by atoms with Crippen LogP contribution < -0.4 is 19.5 Å². The Bertz CT molecular complexity index is 702. The smallest absolute Gasteiger partial charge is 0.244 e. The molecule has 0 saturated heterocycles. The molecule has 1 aromatic carbocycles. The lowest BCUT2D eigenvalue weighted by molar-refractivity contribution is -0.130. The van der Waals surface area contributed by atoms with Gasteiger partial charge in [-0.05, 0) is 12.1 Å². The summed E-state index contributed by atoms with van der Waals surface area (Å²) in [5.74, 6) is -0.486. The van der Waals surface area contributed by atoms with Crippen molar-refractivity contribution < 1.29 is 27.5 Å². The van der Waals surface area contributed by atoms with Crippen LogP contribution in [0, 0.1) is 0 Å². The van der Waals surface area contributed by atoms with Gasteiger partial charge in [0.1, 0.15) is 16.4 Å². The lowest BCUT2D eigenvalue weighted by atomic mass is 10.3. The van der Waals surface area contributed by atoms with Crippen molar-refractivity contribution in [2.75, 3.05) is 41.4 Å². The summed E-state index contributed by atoms with van der Waals surface area (Å²) < 4.78 is 36.8. The number of amides is 2. The van der Waals surface area contributed by atoms with Crippen LogP contribution in [-0.2, 0) is 19.6 Å². The highest BCUT2D eigenvalue weighted by atomic mass is 32.2. The summed E-state index contributed by atoms with van der Waals surface area (Å²) in [5.41, 5.74) is 0. The van der Waals surface area contributed by atoms with Crippen LogP contribution in [-0.4, -0.2) is 66.5 Å². The molecule has 2 amide bonds. The molecule has 0 heterocycles. The van der Waals surface area contributed by atoms with Crippen LogP contribution in [0.25, 0.3) is 0 Å². The molecule has 9 nitrogen and oxygen atoms in total. The fraction of sp³-hybridized carbons (Fsp3) is 0.429. The van der Waals surface area contributed by atoms with Crippen molar-refractivity contribution in [3.63, 3.8) is 0 Å². The molecule has 134 valence electrons. The number of benzene rings is 1. The summed E-state index contributed by atoms with van der Waals surface area (Å²) in [6.45, 7) is -0.723. The van der Waals surface area contributed by atoms with Crippen molar-refractivity contribution in [1.82, 2.24) is 14.9 Å². The van der Waals surface area contributed by atoms with Gasteiger partial charge in [-0.15, -0.1) is 0 Å². The summed E-state index contributed by atoms with van der Waals surface area (Å²) >= 11 is 0. The number of hydrogen-bond acceptors (Lipinski definition) is 6. The highest BCUT2D eigenvalue weighted by Crippen LogP contribution is 2.27. The third-order valence-corrected chi connectivity index (χ3v) is 4.44. The number of hydrogen-bond donors (Lipinski definition) is 2. The van der Waals surface area contributed by atoms with E-state index in [1.54, 1.807) is 20.2 Å². The van der Waals surface area contributed by atoms with E-state index < -0.39 is 22.5 Å². The summed E-state index contributed by atoms with van der Waals surface area (Å²) in [6, 6.07) is 4.29. The van der Waals surface area contributed by atoms with Gasteiger partial charge in [-0.25, -0.2) is 13.1 Å². The van der Waals surface area contributed by atoms with Crippen LogP contribution in [0.2, 0.25) is 0 Å². The second kappa shape index (κ2) is 8.50. The average molecular weight is 359 g/mol. The third-order valence-electron chi connectivity index (χ3n) is 3.02. The molecule has 1 aromatic rings. The molecule has 0 fully saturated rings. The zero-order chi connectivity index (χ0) is 18.3. The topological polar surface area (TPSA) is 114 Å². The molecule has 0 atom stereocenters. The van der Waals surface area contributed by atoms with E-state index in [0.29, 0.717) is 5.75 Å². The number of nitrogens with zero attached hydrogens (tertiary/aromatic N) is 1. The first-order chi connectivity index (χ1) is 11.2. The Labute approximate surface area is 141 Å². The predicted molar refractivity (Wildman–Crippen MR) is 86.4 cm³/mol. The molecule has 1 rings (SSSR count). The molecule has 0 aliphatic rings. The standard InChI is InChI=1S/C14H21N3O6S/c1-17(2)14(19)9-15-13(18)8-16-24(20,21)12-7-10(22-3)5-6-11(12)23-4/h5-7,16H,8-9H2,1-4H3,(H,15,18). The maximum absolute atomic E-state index is 12.3. The molecule has 2 N–H and O–H groups in total. The quantitative estimate of drug-likeness (QED) is 0.627. The van der Waals surface area contributed by atoms with E-state index in [-0.39, 0.29) is 23.1 Å². The Morgan fingerprint density at radius 3 is 2.33 bits per heavy atom. The van der Waals surface area contributed by atoms with Gasteiger partial charge >= 0.3 is 0 Å². The largest absolute Gasteiger partial charge is 0.497 e. The monoisotopic (exact) mass is 359 g/mol. The summed E-state index contributed by atoms with van der Waals surface area (Å²) in [4.78, 5) is 24.2. The van der Waals surface area contributed by atoms with Gasteiger partial charge in [0.25, 0.3) is 0 Å². The number of ether oxygens (including phenoxy) is 2. The van der Waals surface area contributed by atoms with Gasteiger partial charge in [-0.3, -0.25) is 9.59 Å². The van der Waals surface area contributed by atoms with E-state index in [2.05, 4.69) is 10.0 Å². The van der Waals surface area contributed by atoms with E-state index in [9.17, 15) is 18.0 Å². The van der Waals surface area contributed by atoms with Gasteiger partial charge in [0, 0.05) is 20.2 Å². The Morgan fingerprint density at radius 1 is 1.12 bits per heavy atom. The molecule has 10 heteroatoms. The minimum Gasteiger partial charge on any atom is -0.497 e. The number of sulfonamides is 1. The fourth-order valence-corrected chi connectivity index (χ4v) is 2.79. The molecule has 24 heavy (non-hydrogen) atoms. The minimum atomic E-state index is -4.00. The van der Waals surface area contributed by atoms with Gasteiger partial charge in [0.05, 0.1) is 27.3 Å². The Balaban J connectivity index is 2.77. The number of nitrogens with one attached hydrogen (secondary N) is 2. The number of methoxy groups -OCH3 is 2. The second-order valence-electron chi connectivity index (χ2n) is 4.91. The molecule has 0 aromatic heterocycles. The lowest BCUT2D eigenvalue weighted by Crippen LogP contribution is -2.41. The van der Waals surface area contributed by atoms with E-state index in [4.69, 9.17) is 9.47 Å². The third kappa shape index (κ3) is 5.39. The Hall–Kier alpha value is -2.33. The van der Waals surface area contributed by atoms with Crippen LogP contribution in [0.1, 0.15) is 0 Å². The number of likely N-dealkylation sites (N-methyl/N-ethyl adjacent to an activating group) is 1. The second-order valence-corrected chi connectivity index (χ2v) is 6.64. The van der Waals surface area contributed by atoms with Crippen LogP contribution in [0.15, 0.2) is 23.1 Å². The number of carbonyl (C=O) groups excluding carboxylic acids is 2. The molecular weight excluding hydrogens is 338 g/mol. The molecule has 0 radical (unpaired) electrons. The molecule has 0 aliphatic heterocycles. The van der Waals surface area contributed by atoms with E-state index in [1.165, 1.54) is 31.3 Å². The molecule has 0 spiro atoms. The molecule has 0 aliphatic carbocycles. The Morgan fingerprint density at radius 2 is 1.79 bits per heavy atom. The number of rotatable bonds is 8. The average Bonchev–Trinajstić information content (AvgIpc) is 2.56. The van der Waals surface area contributed by atoms with Crippen molar-refractivity contribution in [2.45, 2.75) is 4.90 Å². The molecule has 0 saturated carbocycles. The summed E-state index contributed by atoms with van der Waals surface area (Å²) in [6.07, 6.45) is 0. The van der Waals surface area contributed by atoms with Crippen molar-refractivity contribution in [1.29, 1.82) is 0 Å². The Kier molecular flexibility index (Phi) is 6.98. The van der Waals surface area contributed by atoms with Crippen molar-refractivity contribution in [2.24, 2.45) is 0 Å². The van der Waals surface area contributed by atoms with E-state index in [0.717, 1.165) is 0 Å². The van der Waals surface area contributed by atoms with Crippen molar-refractivity contribution in [3.05, 3.63) is 18.2 Å². The summed E-state index contributed by atoms with van der Waals surface area (Å²) in [7, 11) is 1.84. The maximum Gasteiger partial charge on any atom is 0.244 e. The van der Waals surface area contributed by atoms with Crippen molar-refractivity contribution in [3.8, 4) is 11.5 Å². The molecule has 0 unspecified atom stereocenters. The molecular formula is C14H21N3O6S. The van der Waals surface area contributed by atoms with Gasteiger partial charge in [0.15, 0.2) is 0 Å². The normalized spacial score (nSPS) is 10.8. The van der Waals surface area contributed by atoms with Gasteiger partial charge < -0.3 is 19.7 Å². The zero-order valence-electron chi connectivity index (χ0n) is 14.0. The summed E-state index contributed by atoms with van der Waals surface area (Å²) in [5, 5.41) is 2.33. The highest BCUT2D eigenvalue weighted by molar-refractivity contribution is 7.89. The SMILES string of the molecule is COc1ccc(OC)c(S(=O)(=O)NCC(=O)NCC(=O)N(C)C)c1. The fourth-order valence-electron chi connectivity index (χ4n) is 1.63. The van der Waals surface area contributed by atoms with Gasteiger partial charge in [-0.2, -0.15) is 0 Å². The molecule has 0 bridgehead atoms. The first kappa shape index (κ1) is 19.7. The van der Waals surface area contributed by atoms with E-state index >= 15 is 0 Å². The number of carbonyl (C=O) groups is 2. The van der Waals surface area contributed by atoms with E-state index in [1.807, 2.05) is 0 Å². The van der Waals surface area contributed by atoms with Gasteiger partial charge in [-0.1, -0.05) is 0 Å². The highest BCUT2D eigenvalue weighted by Gasteiger charge is 2.21. The maximum atomic E-state index is 12.3. The van der Waals surface area contributed by atoms with Crippen LogP contribution >= 0.6 is 0 Å². The van der Waals surface area contributed by atoms with Crippen LogP contribution in [0.4, 0.5) is 0 Å². The first-order valence-electron chi connectivity index (χ1n) is 6.89. The lowest BCUT2D eigenvalue weighted by Gasteiger charge is -2.13. The predicted octanol–water partition coefficient (Wildman–Crippen LogP) is -0.813. The van der Waals surface area contributed by atoms with Crippen molar-refractivity contribution >= 4 is 21.8 Å². The zero-order valence-corrected chi connectivity index (χ0v) is 14.8. The van der Waals surface area contributed by atoms with Crippen LogP contribution in [0.5, 0.6) is 11.5 Å². The minimum absolute atomic E-state index is 0.117. The first-order valence-corrected chi connectivity index (χ1v) is 8.38. The van der Waals surface area contributed by atoms with Crippen LogP contribution in [0.3, 0.4) is 0 Å². The van der Waals surface area contributed by atoms with Gasteiger partial charge in [0.2, 0.25) is 21.8 Å².